The molecule has 0 aliphatic heterocycles. The van der Waals surface area contributed by atoms with Crippen LogP contribution in [-0.2, 0) is 6.42 Å². The van der Waals surface area contributed by atoms with Gasteiger partial charge in [0.05, 0.1) is 6.61 Å². The molecule has 0 amide bonds. The zero-order valence-electron chi connectivity index (χ0n) is 10.5. The second-order valence-electron chi connectivity index (χ2n) is 4.29. The van der Waals surface area contributed by atoms with Crippen molar-refractivity contribution in [1.82, 2.24) is 0 Å². The van der Waals surface area contributed by atoms with Gasteiger partial charge in [0.1, 0.15) is 5.75 Å². The number of phenols is 1. The number of benzene rings is 1. The molecule has 2 nitrogen and oxygen atoms in total. The maximum Gasteiger partial charge on any atom is 0.119 e. The fourth-order valence-corrected chi connectivity index (χ4v) is 1.60. The normalized spacial score (nSPS) is 10.8. The molecule has 1 aromatic rings. The van der Waals surface area contributed by atoms with Crippen molar-refractivity contribution in [2.45, 2.75) is 26.7 Å². The highest BCUT2D eigenvalue weighted by Gasteiger charge is 2.00. The Morgan fingerprint density at radius 3 is 2.65 bits per heavy atom. The third-order valence-electron chi connectivity index (χ3n) is 2.49. The van der Waals surface area contributed by atoms with E-state index in [9.17, 15) is 5.11 Å². The Labute approximate surface area is 103 Å². The number of aromatic hydroxyl groups is 1. The van der Waals surface area contributed by atoms with Crippen molar-refractivity contribution in [3.63, 3.8) is 0 Å². The van der Waals surface area contributed by atoms with Crippen LogP contribution in [0, 0.1) is 0 Å². The molecule has 0 saturated carbocycles. The van der Waals surface area contributed by atoms with Crippen molar-refractivity contribution in [2.75, 3.05) is 6.61 Å². The van der Waals surface area contributed by atoms with Crippen LogP contribution in [0.25, 0.3) is 6.08 Å². The molecule has 2 heteroatoms. The fourth-order valence-electron chi connectivity index (χ4n) is 1.60. The number of hydrogen-bond donors (Lipinski definition) is 2. The highest BCUT2D eigenvalue weighted by Crippen LogP contribution is 2.21. The van der Waals surface area contributed by atoms with E-state index in [1.54, 1.807) is 18.2 Å². The van der Waals surface area contributed by atoms with E-state index in [-0.39, 0.29) is 6.61 Å². The molecule has 0 saturated heterocycles. The summed E-state index contributed by atoms with van der Waals surface area (Å²) in [6, 6.07) is 5.61. The largest absolute Gasteiger partial charge is 0.508 e. The lowest BCUT2D eigenvalue weighted by molar-refractivity contribution is 0.343. The summed E-state index contributed by atoms with van der Waals surface area (Å²) in [6.45, 7) is 4.16. The number of phenolic OH excluding ortho intramolecular Hbond substituents is 1. The van der Waals surface area contributed by atoms with Crippen LogP contribution >= 0.6 is 0 Å². The molecular weight excluding hydrogens is 212 g/mol. The lowest BCUT2D eigenvalue weighted by Gasteiger charge is -2.04. The predicted molar refractivity (Wildman–Crippen MR) is 72.0 cm³/mol. The second kappa shape index (κ2) is 6.92. The molecule has 2 N–H and O–H groups in total. The first-order valence-electron chi connectivity index (χ1n) is 5.86. The van der Waals surface area contributed by atoms with Crippen molar-refractivity contribution in [3.05, 3.63) is 47.1 Å². The Balaban J connectivity index is 2.69. The van der Waals surface area contributed by atoms with E-state index in [2.05, 4.69) is 19.9 Å². The molecule has 0 aliphatic carbocycles. The van der Waals surface area contributed by atoms with E-state index in [0.29, 0.717) is 5.75 Å². The van der Waals surface area contributed by atoms with E-state index < -0.39 is 0 Å². The highest BCUT2D eigenvalue weighted by atomic mass is 16.3. The minimum atomic E-state index is 0.0169. The molecule has 0 spiro atoms. The number of aliphatic hydroxyl groups is 1. The van der Waals surface area contributed by atoms with Crippen LogP contribution in [0.3, 0.4) is 0 Å². The van der Waals surface area contributed by atoms with Crippen LogP contribution in [0.2, 0.25) is 0 Å². The lowest BCUT2D eigenvalue weighted by atomic mass is 10.0. The summed E-state index contributed by atoms with van der Waals surface area (Å²) in [6.07, 6.45) is 7.40. The van der Waals surface area contributed by atoms with E-state index in [1.807, 2.05) is 12.1 Å². The van der Waals surface area contributed by atoms with Crippen LogP contribution in [0.5, 0.6) is 5.75 Å². The lowest BCUT2D eigenvalue weighted by Crippen LogP contribution is -1.86. The van der Waals surface area contributed by atoms with E-state index >= 15 is 0 Å². The summed E-state index contributed by atoms with van der Waals surface area (Å²) in [4.78, 5) is 0. The van der Waals surface area contributed by atoms with Crippen molar-refractivity contribution in [1.29, 1.82) is 0 Å². The summed E-state index contributed by atoms with van der Waals surface area (Å²) in [5.74, 6) is 0.326. The van der Waals surface area contributed by atoms with Crippen molar-refractivity contribution in [3.8, 4) is 5.75 Å². The van der Waals surface area contributed by atoms with Gasteiger partial charge in [-0.1, -0.05) is 35.9 Å². The van der Waals surface area contributed by atoms with Gasteiger partial charge in [0.2, 0.25) is 0 Å². The zero-order chi connectivity index (χ0) is 12.7. The second-order valence-corrected chi connectivity index (χ2v) is 4.29. The third kappa shape index (κ3) is 4.87. The van der Waals surface area contributed by atoms with E-state index in [4.69, 9.17) is 5.11 Å². The molecule has 0 heterocycles. The summed E-state index contributed by atoms with van der Waals surface area (Å²) in [7, 11) is 0. The van der Waals surface area contributed by atoms with Gasteiger partial charge in [0.25, 0.3) is 0 Å². The third-order valence-corrected chi connectivity index (χ3v) is 2.49. The molecule has 0 bridgehead atoms. The first kappa shape index (κ1) is 13.5. The number of aliphatic hydroxyl groups excluding tert-OH is 1. The Morgan fingerprint density at radius 1 is 1.29 bits per heavy atom. The Bertz CT molecular complexity index is 413. The maximum atomic E-state index is 9.84. The van der Waals surface area contributed by atoms with Gasteiger partial charge in [-0.3, -0.25) is 0 Å². The van der Waals surface area contributed by atoms with Crippen LogP contribution in [-0.4, -0.2) is 16.8 Å². The monoisotopic (exact) mass is 232 g/mol. The topological polar surface area (TPSA) is 40.5 Å². The fraction of sp³-hybridized carbons (Fsp3) is 0.333. The van der Waals surface area contributed by atoms with E-state index in [0.717, 1.165) is 24.0 Å². The van der Waals surface area contributed by atoms with Crippen LogP contribution in [0.15, 0.2) is 35.9 Å². The maximum absolute atomic E-state index is 9.84. The van der Waals surface area contributed by atoms with E-state index in [1.165, 1.54) is 5.57 Å². The summed E-state index contributed by atoms with van der Waals surface area (Å²) in [5, 5.41) is 18.5. The Morgan fingerprint density at radius 2 is 2.06 bits per heavy atom. The Kier molecular flexibility index (Phi) is 5.50. The number of aryl methyl sites for hydroxylation is 1. The smallest absolute Gasteiger partial charge is 0.119 e. The molecule has 0 radical (unpaired) electrons. The first-order chi connectivity index (χ1) is 8.13. The highest BCUT2D eigenvalue weighted by molar-refractivity contribution is 5.53. The SMILES string of the molecule is CC(C)=CCCc1ccc(/C=C/CO)cc1O. The molecule has 0 unspecified atom stereocenters. The Hall–Kier alpha value is -1.54. The number of rotatable bonds is 5. The van der Waals surface area contributed by atoms with Gasteiger partial charge in [-0.25, -0.2) is 0 Å². The van der Waals surface area contributed by atoms with Gasteiger partial charge >= 0.3 is 0 Å². The number of allylic oxidation sites excluding steroid dienone is 2. The molecule has 92 valence electrons. The van der Waals surface area contributed by atoms with Gasteiger partial charge < -0.3 is 10.2 Å². The van der Waals surface area contributed by atoms with Crippen molar-refractivity contribution < 1.29 is 10.2 Å². The van der Waals surface area contributed by atoms with Crippen LogP contribution < -0.4 is 0 Å². The molecule has 0 atom stereocenters. The molecule has 0 aromatic heterocycles. The molecule has 1 rings (SSSR count). The van der Waals surface area contributed by atoms with Crippen molar-refractivity contribution >= 4 is 6.08 Å². The van der Waals surface area contributed by atoms with Gasteiger partial charge in [0, 0.05) is 0 Å². The average molecular weight is 232 g/mol. The van der Waals surface area contributed by atoms with Crippen LogP contribution in [0.4, 0.5) is 0 Å². The van der Waals surface area contributed by atoms with Gasteiger partial charge in [0.15, 0.2) is 0 Å². The minimum absolute atomic E-state index is 0.0169. The minimum Gasteiger partial charge on any atom is -0.508 e. The summed E-state index contributed by atoms with van der Waals surface area (Å²) >= 11 is 0. The standard InChI is InChI=1S/C15H20O2/c1-12(2)5-3-7-14-9-8-13(6-4-10-16)11-15(14)17/h4-6,8-9,11,16-17H,3,7,10H2,1-2H3/b6-4+. The molecule has 0 aliphatic rings. The average Bonchev–Trinajstić information content (AvgIpc) is 2.28. The zero-order valence-corrected chi connectivity index (χ0v) is 10.5. The van der Waals surface area contributed by atoms with Gasteiger partial charge in [-0.15, -0.1) is 0 Å². The molecule has 0 fully saturated rings. The first-order valence-corrected chi connectivity index (χ1v) is 5.86. The molecule has 1 aromatic carbocycles. The number of hydrogen-bond acceptors (Lipinski definition) is 2. The molecule has 17 heavy (non-hydrogen) atoms. The summed E-state index contributed by atoms with van der Waals surface area (Å²) < 4.78 is 0. The van der Waals surface area contributed by atoms with Gasteiger partial charge in [-0.2, -0.15) is 0 Å². The molecular formula is C15H20O2. The predicted octanol–water partition coefficient (Wildman–Crippen LogP) is 3.30. The van der Waals surface area contributed by atoms with Gasteiger partial charge in [-0.05, 0) is 43.9 Å². The van der Waals surface area contributed by atoms with Crippen LogP contribution in [0.1, 0.15) is 31.4 Å². The van der Waals surface area contributed by atoms with Crippen molar-refractivity contribution in [2.24, 2.45) is 0 Å². The quantitative estimate of drug-likeness (QED) is 0.765. The summed E-state index contributed by atoms with van der Waals surface area (Å²) in [5.41, 5.74) is 3.16.